The van der Waals surface area contributed by atoms with Crippen molar-refractivity contribution in [2.45, 2.75) is 38.3 Å². The smallest absolute Gasteiger partial charge is 0.0691 e. The van der Waals surface area contributed by atoms with Gasteiger partial charge in [0.1, 0.15) is 0 Å². The molecule has 0 amide bonds. The maximum absolute atomic E-state index is 9.17. The molecule has 0 radical (unpaired) electrons. The molecule has 1 saturated carbocycles. The molecule has 1 aliphatic carbocycles. The van der Waals surface area contributed by atoms with Gasteiger partial charge in [-0.1, -0.05) is 6.92 Å². The molecule has 9 heavy (non-hydrogen) atoms. The molecule has 0 spiro atoms. The molecule has 0 aromatic heterocycles. The highest BCUT2D eigenvalue weighted by Crippen LogP contribution is 2.22. The molecule has 2 heteroatoms. The molecule has 1 fully saturated rings. The standard InChI is InChI=1S/C7H15NO/c1-5-2-3-7(9)6(8)4-5/h5-7,9H,2-4,8H2,1H3/t5-,6-,7-/m0/s1. The lowest BCUT2D eigenvalue weighted by atomic mass is 9.86. The Hall–Kier alpha value is -0.0800. The van der Waals surface area contributed by atoms with Crippen LogP contribution in [0.15, 0.2) is 0 Å². The van der Waals surface area contributed by atoms with E-state index in [0.717, 1.165) is 19.3 Å². The van der Waals surface area contributed by atoms with Crippen molar-refractivity contribution in [1.82, 2.24) is 0 Å². The van der Waals surface area contributed by atoms with E-state index in [9.17, 15) is 5.11 Å². The van der Waals surface area contributed by atoms with Crippen LogP contribution in [0, 0.1) is 5.92 Å². The molecule has 0 heterocycles. The fourth-order valence-corrected chi connectivity index (χ4v) is 1.41. The minimum atomic E-state index is -0.235. The van der Waals surface area contributed by atoms with Crippen molar-refractivity contribution >= 4 is 0 Å². The monoisotopic (exact) mass is 129 g/mol. The molecule has 0 aromatic rings. The predicted octanol–water partition coefficient (Wildman–Crippen LogP) is 0.495. The van der Waals surface area contributed by atoms with Crippen molar-refractivity contribution < 1.29 is 5.11 Å². The van der Waals surface area contributed by atoms with Crippen LogP contribution in [-0.2, 0) is 0 Å². The van der Waals surface area contributed by atoms with Gasteiger partial charge >= 0.3 is 0 Å². The largest absolute Gasteiger partial charge is 0.392 e. The van der Waals surface area contributed by atoms with Gasteiger partial charge in [-0.2, -0.15) is 0 Å². The zero-order chi connectivity index (χ0) is 6.85. The van der Waals surface area contributed by atoms with Gasteiger partial charge in [0.25, 0.3) is 0 Å². The Morgan fingerprint density at radius 1 is 1.44 bits per heavy atom. The first-order chi connectivity index (χ1) is 4.20. The second-order valence-corrected chi connectivity index (χ2v) is 3.15. The molecule has 0 aromatic carbocycles. The fraction of sp³-hybridized carbons (Fsp3) is 1.00. The SMILES string of the molecule is C[C@H]1CC[C@H](O)[C@@H](N)C1. The second kappa shape index (κ2) is 2.67. The molecule has 2 nitrogen and oxygen atoms in total. The van der Waals surface area contributed by atoms with Crippen LogP contribution < -0.4 is 5.73 Å². The second-order valence-electron chi connectivity index (χ2n) is 3.15. The summed E-state index contributed by atoms with van der Waals surface area (Å²) in [7, 11) is 0. The molecule has 54 valence electrons. The Morgan fingerprint density at radius 3 is 2.56 bits per heavy atom. The number of hydrogen-bond donors (Lipinski definition) is 2. The van der Waals surface area contributed by atoms with Crippen LogP contribution in [-0.4, -0.2) is 17.3 Å². The Bertz CT molecular complexity index is 94.9. The van der Waals surface area contributed by atoms with Gasteiger partial charge in [-0.3, -0.25) is 0 Å². The molecule has 3 N–H and O–H groups in total. The van der Waals surface area contributed by atoms with Gasteiger partial charge in [0.2, 0.25) is 0 Å². The summed E-state index contributed by atoms with van der Waals surface area (Å²) >= 11 is 0. The number of aliphatic hydroxyl groups excluding tert-OH is 1. The lowest BCUT2D eigenvalue weighted by molar-refractivity contribution is 0.0906. The summed E-state index contributed by atoms with van der Waals surface area (Å²) in [5, 5.41) is 9.17. The van der Waals surface area contributed by atoms with E-state index >= 15 is 0 Å². The normalized spacial score (nSPS) is 45.0. The Morgan fingerprint density at radius 2 is 2.11 bits per heavy atom. The maximum atomic E-state index is 9.17. The van der Waals surface area contributed by atoms with E-state index in [1.807, 2.05) is 0 Å². The van der Waals surface area contributed by atoms with Crippen LogP contribution in [0.1, 0.15) is 26.2 Å². The number of rotatable bonds is 0. The molecule has 0 unspecified atom stereocenters. The van der Waals surface area contributed by atoms with Crippen LogP contribution in [0.4, 0.5) is 0 Å². The zero-order valence-corrected chi connectivity index (χ0v) is 5.88. The van der Waals surface area contributed by atoms with Crippen LogP contribution in [0.25, 0.3) is 0 Å². The zero-order valence-electron chi connectivity index (χ0n) is 5.88. The summed E-state index contributed by atoms with van der Waals surface area (Å²) < 4.78 is 0. The number of aliphatic hydroxyl groups is 1. The van der Waals surface area contributed by atoms with Gasteiger partial charge < -0.3 is 10.8 Å². The summed E-state index contributed by atoms with van der Waals surface area (Å²) in [6, 6.07) is 0.0359. The number of hydrogen-bond acceptors (Lipinski definition) is 2. The summed E-state index contributed by atoms with van der Waals surface area (Å²) in [5.41, 5.74) is 5.62. The Balaban J connectivity index is 2.35. The summed E-state index contributed by atoms with van der Waals surface area (Å²) in [6.45, 7) is 2.19. The highest BCUT2D eigenvalue weighted by Gasteiger charge is 2.23. The van der Waals surface area contributed by atoms with Crippen LogP contribution in [0.3, 0.4) is 0 Å². The van der Waals surface area contributed by atoms with Gasteiger partial charge in [-0.05, 0) is 25.2 Å². The highest BCUT2D eigenvalue weighted by atomic mass is 16.3. The van der Waals surface area contributed by atoms with Crippen LogP contribution in [0.5, 0.6) is 0 Å². The minimum Gasteiger partial charge on any atom is -0.392 e. The van der Waals surface area contributed by atoms with E-state index in [1.165, 1.54) is 0 Å². The van der Waals surface area contributed by atoms with Gasteiger partial charge in [0.15, 0.2) is 0 Å². The van der Waals surface area contributed by atoms with E-state index in [0.29, 0.717) is 5.92 Å². The first-order valence-electron chi connectivity index (χ1n) is 3.64. The summed E-state index contributed by atoms with van der Waals surface area (Å²) in [4.78, 5) is 0. The minimum absolute atomic E-state index is 0.0359. The molecule has 1 rings (SSSR count). The van der Waals surface area contributed by atoms with Gasteiger partial charge in [0, 0.05) is 6.04 Å². The fourth-order valence-electron chi connectivity index (χ4n) is 1.41. The average Bonchev–Trinajstić information content (AvgIpc) is 1.80. The van der Waals surface area contributed by atoms with Crippen molar-refractivity contribution in [3.8, 4) is 0 Å². The summed E-state index contributed by atoms with van der Waals surface area (Å²) in [5.74, 6) is 0.711. The lowest BCUT2D eigenvalue weighted by Gasteiger charge is -2.28. The van der Waals surface area contributed by atoms with Crippen molar-refractivity contribution in [2.75, 3.05) is 0 Å². The van der Waals surface area contributed by atoms with E-state index in [2.05, 4.69) is 6.92 Å². The molecular weight excluding hydrogens is 114 g/mol. The lowest BCUT2D eigenvalue weighted by Crippen LogP contribution is -2.39. The quantitative estimate of drug-likeness (QED) is 0.500. The van der Waals surface area contributed by atoms with Crippen molar-refractivity contribution in [2.24, 2.45) is 11.7 Å². The van der Waals surface area contributed by atoms with Crippen molar-refractivity contribution in [1.29, 1.82) is 0 Å². The van der Waals surface area contributed by atoms with E-state index in [4.69, 9.17) is 5.73 Å². The Kier molecular flexibility index (Phi) is 2.09. The van der Waals surface area contributed by atoms with Gasteiger partial charge in [-0.25, -0.2) is 0 Å². The summed E-state index contributed by atoms with van der Waals surface area (Å²) in [6.07, 6.45) is 2.78. The van der Waals surface area contributed by atoms with E-state index < -0.39 is 0 Å². The molecular formula is C7H15NO. The van der Waals surface area contributed by atoms with E-state index in [-0.39, 0.29) is 12.1 Å². The van der Waals surface area contributed by atoms with Gasteiger partial charge in [0.05, 0.1) is 6.10 Å². The third-order valence-electron chi connectivity index (χ3n) is 2.12. The van der Waals surface area contributed by atoms with Crippen LogP contribution in [0.2, 0.25) is 0 Å². The third kappa shape index (κ3) is 1.66. The molecule has 0 saturated heterocycles. The first kappa shape index (κ1) is 7.03. The maximum Gasteiger partial charge on any atom is 0.0691 e. The topological polar surface area (TPSA) is 46.2 Å². The van der Waals surface area contributed by atoms with E-state index in [1.54, 1.807) is 0 Å². The predicted molar refractivity (Wildman–Crippen MR) is 37.0 cm³/mol. The third-order valence-corrected chi connectivity index (χ3v) is 2.12. The molecule has 1 aliphatic rings. The van der Waals surface area contributed by atoms with Crippen LogP contribution >= 0.6 is 0 Å². The average molecular weight is 129 g/mol. The number of nitrogens with two attached hydrogens (primary N) is 1. The molecule has 3 atom stereocenters. The van der Waals surface area contributed by atoms with Crippen molar-refractivity contribution in [3.63, 3.8) is 0 Å². The highest BCUT2D eigenvalue weighted by molar-refractivity contribution is 4.79. The molecule has 0 bridgehead atoms. The molecule has 0 aliphatic heterocycles. The Labute approximate surface area is 56.1 Å². The van der Waals surface area contributed by atoms with Gasteiger partial charge in [-0.15, -0.1) is 0 Å². The first-order valence-corrected chi connectivity index (χ1v) is 3.64. The van der Waals surface area contributed by atoms with Crippen molar-refractivity contribution in [3.05, 3.63) is 0 Å².